The summed E-state index contributed by atoms with van der Waals surface area (Å²) in [6.07, 6.45) is 0. The molecule has 0 aliphatic rings. The summed E-state index contributed by atoms with van der Waals surface area (Å²) in [5.74, 6) is -0.983. The largest absolute Gasteiger partial charge is 0.381 e. The first-order chi connectivity index (χ1) is 5.99. The summed E-state index contributed by atoms with van der Waals surface area (Å²) in [7, 11) is -4.60. The van der Waals surface area contributed by atoms with Crippen molar-refractivity contribution < 1.29 is 17.8 Å². The maximum absolute atomic E-state index is 11.0. The molecule has 0 bridgehead atoms. The van der Waals surface area contributed by atoms with Gasteiger partial charge < -0.3 is 0 Å². The minimum atomic E-state index is -4.60. The van der Waals surface area contributed by atoms with E-state index >= 15 is 0 Å². The standard InChI is InChI=1S/C7H6NO4S/c9-7(8-13(10,11)12)6-4-2-1-3-5-6/h1-5H,(H,10,11,12). The molecule has 1 rings (SSSR count). The van der Waals surface area contributed by atoms with Crippen LogP contribution in [0.4, 0.5) is 0 Å². The molecule has 5 nitrogen and oxygen atoms in total. The van der Waals surface area contributed by atoms with Crippen molar-refractivity contribution in [3.8, 4) is 0 Å². The summed E-state index contributed by atoms with van der Waals surface area (Å²) in [5.41, 5.74) is 0.111. The highest BCUT2D eigenvalue weighted by molar-refractivity contribution is 7.84. The van der Waals surface area contributed by atoms with Gasteiger partial charge in [-0.25, -0.2) is 0 Å². The van der Waals surface area contributed by atoms with Gasteiger partial charge in [0.15, 0.2) is 0 Å². The lowest BCUT2D eigenvalue weighted by molar-refractivity contribution is 0.0975. The van der Waals surface area contributed by atoms with Crippen LogP contribution in [0, 0.1) is 0 Å². The number of hydrogen-bond donors (Lipinski definition) is 1. The first-order valence-corrected chi connectivity index (χ1v) is 4.68. The zero-order valence-corrected chi connectivity index (χ0v) is 7.23. The highest BCUT2D eigenvalue weighted by Crippen LogP contribution is 1.99. The smallest absolute Gasteiger partial charge is 0.268 e. The van der Waals surface area contributed by atoms with Crippen molar-refractivity contribution >= 4 is 16.2 Å². The lowest BCUT2D eigenvalue weighted by Gasteiger charge is -1.96. The summed E-state index contributed by atoms with van der Waals surface area (Å²) in [4.78, 5) is 11.0. The van der Waals surface area contributed by atoms with E-state index in [9.17, 15) is 13.2 Å². The summed E-state index contributed by atoms with van der Waals surface area (Å²) in [5, 5.41) is 0. The van der Waals surface area contributed by atoms with Gasteiger partial charge in [0, 0.05) is 5.56 Å². The average Bonchev–Trinajstić information content (AvgIpc) is 2.03. The van der Waals surface area contributed by atoms with Crippen molar-refractivity contribution in [2.24, 2.45) is 0 Å². The van der Waals surface area contributed by atoms with Gasteiger partial charge in [0.25, 0.3) is 5.91 Å². The van der Waals surface area contributed by atoms with Gasteiger partial charge in [-0.05, 0) is 12.1 Å². The Hall–Kier alpha value is -1.40. The van der Waals surface area contributed by atoms with Crippen LogP contribution in [0.3, 0.4) is 0 Å². The molecule has 1 radical (unpaired) electrons. The maximum atomic E-state index is 11.0. The second-order valence-electron chi connectivity index (χ2n) is 2.21. The molecule has 0 heterocycles. The summed E-state index contributed by atoms with van der Waals surface area (Å²) >= 11 is 0. The van der Waals surface area contributed by atoms with Gasteiger partial charge in [-0.15, -0.1) is 0 Å². The highest BCUT2D eigenvalue weighted by Gasteiger charge is 2.14. The van der Waals surface area contributed by atoms with Crippen LogP contribution in [0.25, 0.3) is 0 Å². The molecule has 0 saturated heterocycles. The summed E-state index contributed by atoms with van der Waals surface area (Å²) < 4.78 is 31.2. The molecule has 0 unspecified atom stereocenters. The Balaban J connectivity index is 2.82. The van der Waals surface area contributed by atoms with Gasteiger partial charge in [-0.1, -0.05) is 22.9 Å². The van der Waals surface area contributed by atoms with Crippen molar-refractivity contribution in [3.05, 3.63) is 35.9 Å². The van der Waals surface area contributed by atoms with E-state index in [1.807, 2.05) is 0 Å². The Morgan fingerprint density at radius 2 is 1.77 bits per heavy atom. The molecular weight excluding hydrogens is 194 g/mol. The van der Waals surface area contributed by atoms with E-state index in [1.165, 1.54) is 12.1 Å². The van der Waals surface area contributed by atoms with Crippen LogP contribution < -0.4 is 4.72 Å². The highest BCUT2D eigenvalue weighted by atomic mass is 32.2. The first-order valence-electron chi connectivity index (χ1n) is 3.29. The molecule has 0 atom stereocenters. The minimum absolute atomic E-state index is 0.111. The van der Waals surface area contributed by atoms with E-state index in [2.05, 4.69) is 4.72 Å². The number of carbonyl (C=O) groups excluding carboxylic acids is 1. The Labute approximate surface area is 75.3 Å². The predicted molar refractivity (Wildman–Crippen MR) is 44.5 cm³/mol. The van der Waals surface area contributed by atoms with Crippen LogP contribution in [0.2, 0.25) is 0 Å². The fraction of sp³-hybridized carbons (Fsp3) is 0. The van der Waals surface area contributed by atoms with E-state index in [-0.39, 0.29) is 5.56 Å². The van der Waals surface area contributed by atoms with Crippen LogP contribution in [-0.2, 0) is 10.3 Å². The summed E-state index contributed by atoms with van der Waals surface area (Å²) in [6, 6.07) is 7.59. The monoisotopic (exact) mass is 200 g/mol. The van der Waals surface area contributed by atoms with E-state index in [4.69, 9.17) is 4.55 Å². The Kier molecular flexibility index (Phi) is 2.64. The van der Waals surface area contributed by atoms with Crippen molar-refractivity contribution in [2.75, 3.05) is 0 Å². The van der Waals surface area contributed by atoms with Crippen molar-refractivity contribution in [1.82, 2.24) is 4.72 Å². The molecule has 0 aliphatic carbocycles. The van der Waals surface area contributed by atoms with Crippen LogP contribution in [0.5, 0.6) is 0 Å². The van der Waals surface area contributed by atoms with Crippen molar-refractivity contribution in [3.63, 3.8) is 0 Å². The van der Waals surface area contributed by atoms with E-state index in [0.29, 0.717) is 0 Å². The number of benzene rings is 1. The topological polar surface area (TPSA) is 85.5 Å². The average molecular weight is 200 g/mol. The molecule has 1 N–H and O–H groups in total. The molecule has 0 aliphatic heterocycles. The van der Waals surface area contributed by atoms with Crippen molar-refractivity contribution in [1.29, 1.82) is 0 Å². The third kappa shape index (κ3) is 3.22. The van der Waals surface area contributed by atoms with Gasteiger partial charge in [-0.2, -0.15) is 8.42 Å². The zero-order valence-electron chi connectivity index (χ0n) is 6.41. The van der Waals surface area contributed by atoms with E-state index < -0.39 is 16.2 Å². The lowest BCUT2D eigenvalue weighted by atomic mass is 10.2. The Morgan fingerprint density at radius 3 is 2.23 bits per heavy atom. The Bertz CT molecular complexity index is 398. The van der Waals surface area contributed by atoms with Crippen LogP contribution in [0.15, 0.2) is 30.3 Å². The minimum Gasteiger partial charge on any atom is -0.268 e. The molecule has 0 spiro atoms. The molecule has 13 heavy (non-hydrogen) atoms. The normalized spacial score (nSPS) is 10.8. The van der Waals surface area contributed by atoms with Gasteiger partial charge >= 0.3 is 10.3 Å². The molecule has 0 fully saturated rings. The third-order valence-electron chi connectivity index (χ3n) is 1.22. The molecule has 1 aromatic carbocycles. The number of amides is 1. The molecule has 0 aromatic heterocycles. The summed E-state index contributed by atoms with van der Waals surface area (Å²) in [6.45, 7) is 0. The van der Waals surface area contributed by atoms with Gasteiger partial charge in [0.05, 0.1) is 0 Å². The van der Waals surface area contributed by atoms with E-state index in [1.54, 1.807) is 18.2 Å². The molecule has 6 heteroatoms. The van der Waals surface area contributed by atoms with Crippen LogP contribution >= 0.6 is 0 Å². The quantitative estimate of drug-likeness (QED) is 0.692. The van der Waals surface area contributed by atoms with E-state index in [0.717, 1.165) is 0 Å². The number of hydrogen-bond acceptors (Lipinski definition) is 3. The SMILES string of the molecule is O=C([N]S(=O)(=O)O)c1ccccc1. The van der Waals surface area contributed by atoms with Crippen LogP contribution in [0.1, 0.15) is 10.4 Å². The van der Waals surface area contributed by atoms with Gasteiger partial charge in [0.1, 0.15) is 0 Å². The fourth-order valence-electron chi connectivity index (χ4n) is 0.738. The predicted octanol–water partition coefficient (Wildman–Crippen LogP) is 0.234. The second kappa shape index (κ2) is 3.55. The Morgan fingerprint density at radius 1 is 1.23 bits per heavy atom. The fourth-order valence-corrected chi connectivity index (χ4v) is 1.05. The number of rotatable bonds is 2. The third-order valence-corrected chi connectivity index (χ3v) is 1.62. The lowest BCUT2D eigenvalue weighted by Crippen LogP contribution is -2.22. The number of nitrogens with zero attached hydrogens (tertiary/aromatic N) is 1. The molecular formula is C7H6NO4S. The van der Waals surface area contributed by atoms with Gasteiger partial charge in [0.2, 0.25) is 0 Å². The second-order valence-corrected chi connectivity index (χ2v) is 3.29. The van der Waals surface area contributed by atoms with Crippen LogP contribution in [-0.4, -0.2) is 18.9 Å². The molecule has 69 valence electrons. The zero-order chi connectivity index (χ0) is 9.90. The first kappa shape index (κ1) is 9.69. The number of carbonyl (C=O) groups is 1. The van der Waals surface area contributed by atoms with Gasteiger partial charge in [-0.3, -0.25) is 9.35 Å². The molecule has 1 aromatic rings. The van der Waals surface area contributed by atoms with Crippen molar-refractivity contribution in [2.45, 2.75) is 0 Å². The maximum Gasteiger partial charge on any atom is 0.381 e. The molecule has 0 saturated carbocycles. The molecule has 1 amide bonds.